The number of benzene rings is 2. The van der Waals surface area contributed by atoms with Gasteiger partial charge in [-0.3, -0.25) is 4.79 Å². The van der Waals surface area contributed by atoms with Gasteiger partial charge in [-0.25, -0.2) is 9.78 Å². The summed E-state index contributed by atoms with van der Waals surface area (Å²) in [5, 5.41) is 5.00. The molecule has 0 saturated heterocycles. The van der Waals surface area contributed by atoms with Gasteiger partial charge in [-0.15, -0.1) is 0 Å². The molecular weight excluding hydrogens is 594 g/mol. The summed E-state index contributed by atoms with van der Waals surface area (Å²) in [5.41, 5.74) is 1.03. The Kier molecular flexibility index (Phi) is 9.67. The van der Waals surface area contributed by atoms with Crippen LogP contribution in [0.4, 0.5) is 0 Å². The lowest BCUT2D eigenvalue weighted by Crippen LogP contribution is -2.26. The van der Waals surface area contributed by atoms with E-state index >= 15 is 0 Å². The number of esters is 1. The summed E-state index contributed by atoms with van der Waals surface area (Å²) < 4.78 is 19.4. The van der Waals surface area contributed by atoms with Crippen LogP contribution >= 0.6 is 31.9 Å². The second-order valence-corrected chi connectivity index (χ2v) is 9.84. The van der Waals surface area contributed by atoms with E-state index < -0.39 is 12.1 Å². The Morgan fingerprint density at radius 2 is 1.86 bits per heavy atom. The van der Waals surface area contributed by atoms with Crippen molar-refractivity contribution >= 4 is 54.9 Å². The van der Waals surface area contributed by atoms with Gasteiger partial charge in [0.2, 0.25) is 0 Å². The minimum Gasteiger partial charge on any atom is -0.490 e. The molecule has 2 atom stereocenters. The topological polar surface area (TPSA) is 92.0 Å². The first-order valence-electron chi connectivity index (χ1n) is 11.8. The van der Waals surface area contributed by atoms with Gasteiger partial charge in [0.1, 0.15) is 5.82 Å². The Morgan fingerprint density at radius 3 is 2.53 bits per heavy atom. The minimum absolute atomic E-state index is 0.0189. The van der Waals surface area contributed by atoms with Crippen molar-refractivity contribution in [3.63, 3.8) is 0 Å². The lowest BCUT2D eigenvalue weighted by molar-refractivity contribution is -0.150. The monoisotopic (exact) mass is 621 g/mol. The number of aromatic nitrogens is 2. The van der Waals surface area contributed by atoms with Gasteiger partial charge in [0, 0.05) is 20.4 Å². The second-order valence-electron chi connectivity index (χ2n) is 8.07. The molecule has 0 aliphatic rings. The molecule has 0 aliphatic carbocycles. The minimum atomic E-state index is -0.810. The first kappa shape index (κ1) is 27.9. The van der Waals surface area contributed by atoms with Crippen LogP contribution in [0, 0.1) is 0 Å². The van der Waals surface area contributed by atoms with Gasteiger partial charge < -0.3 is 14.2 Å². The highest BCUT2D eigenvalue weighted by molar-refractivity contribution is 9.10. The van der Waals surface area contributed by atoms with Gasteiger partial charge in [0.15, 0.2) is 17.6 Å². The summed E-state index contributed by atoms with van der Waals surface area (Å²) in [5.74, 6) is 0.960. The van der Waals surface area contributed by atoms with E-state index in [0.717, 1.165) is 10.9 Å². The number of halogens is 2. The van der Waals surface area contributed by atoms with Crippen molar-refractivity contribution in [1.29, 1.82) is 0 Å². The molecule has 0 saturated carbocycles. The van der Waals surface area contributed by atoms with Gasteiger partial charge in [0.05, 0.1) is 30.3 Å². The van der Waals surface area contributed by atoms with Crippen molar-refractivity contribution in [1.82, 2.24) is 9.66 Å². The van der Waals surface area contributed by atoms with Crippen LogP contribution in [0.25, 0.3) is 10.9 Å². The summed E-state index contributed by atoms with van der Waals surface area (Å²) in [6.45, 7) is 9.92. The third-order valence-corrected chi connectivity index (χ3v) is 6.66. The number of nitrogens with zero attached hydrogens (tertiary/aromatic N) is 3. The number of carbonyl (C=O) groups excluding carboxylic acids is 1. The molecule has 10 heteroatoms. The fourth-order valence-corrected chi connectivity index (χ4v) is 4.19. The smallest absolute Gasteiger partial charge is 0.347 e. The molecule has 0 spiro atoms. The molecule has 3 aromatic rings. The molecule has 2 aromatic carbocycles. The maximum absolute atomic E-state index is 13.4. The molecule has 0 bridgehead atoms. The fourth-order valence-electron chi connectivity index (χ4n) is 3.41. The highest BCUT2D eigenvalue weighted by Gasteiger charge is 2.20. The normalized spacial score (nSPS) is 13.1. The van der Waals surface area contributed by atoms with Crippen LogP contribution in [0.15, 0.2) is 49.2 Å². The number of ether oxygens (including phenoxy) is 3. The van der Waals surface area contributed by atoms with Crippen LogP contribution in [-0.4, -0.2) is 41.2 Å². The quantitative estimate of drug-likeness (QED) is 0.202. The highest BCUT2D eigenvalue weighted by Crippen LogP contribution is 2.34. The summed E-state index contributed by atoms with van der Waals surface area (Å²) in [6.07, 6.45) is 1.56. The molecule has 0 aliphatic heterocycles. The zero-order valence-electron chi connectivity index (χ0n) is 20.9. The maximum Gasteiger partial charge on any atom is 0.347 e. The van der Waals surface area contributed by atoms with Crippen molar-refractivity contribution in [3.05, 3.63) is 61.0 Å². The number of fused-ring (bicyclic) bond motifs is 1. The van der Waals surface area contributed by atoms with Crippen molar-refractivity contribution in [2.24, 2.45) is 5.10 Å². The average Bonchev–Trinajstić information content (AvgIpc) is 2.85. The van der Waals surface area contributed by atoms with Gasteiger partial charge in [0.25, 0.3) is 5.56 Å². The van der Waals surface area contributed by atoms with Crippen molar-refractivity contribution in [3.8, 4) is 11.5 Å². The molecule has 0 fully saturated rings. The van der Waals surface area contributed by atoms with Crippen LogP contribution in [0.2, 0.25) is 0 Å². The number of hydrogen-bond donors (Lipinski definition) is 0. The lowest BCUT2D eigenvalue weighted by atomic mass is 10.1. The van der Waals surface area contributed by atoms with E-state index in [2.05, 4.69) is 37.0 Å². The Hall–Kier alpha value is -2.72. The van der Waals surface area contributed by atoms with E-state index in [0.29, 0.717) is 44.9 Å². The molecule has 36 heavy (non-hydrogen) atoms. The Balaban J connectivity index is 2.06. The predicted molar refractivity (Wildman–Crippen MR) is 147 cm³/mol. The number of hydrogen-bond acceptors (Lipinski definition) is 7. The van der Waals surface area contributed by atoms with Crippen LogP contribution in [-0.2, 0) is 9.53 Å². The first-order chi connectivity index (χ1) is 17.2. The Morgan fingerprint density at radius 1 is 1.11 bits per heavy atom. The molecule has 0 N–H and O–H groups in total. The SMILES string of the molecule is CCOC(=O)[C@H](C)Oc1cc(Br)c(C=Nn2c([C@H](C)CC)nc3ccc(Br)cc3c2=O)cc1OCC. The molecule has 3 rings (SSSR count). The van der Waals surface area contributed by atoms with E-state index in [9.17, 15) is 9.59 Å². The molecule has 1 heterocycles. The van der Waals surface area contributed by atoms with Crippen LogP contribution in [0.5, 0.6) is 11.5 Å². The zero-order chi connectivity index (χ0) is 26.4. The molecule has 0 unspecified atom stereocenters. The first-order valence-corrected chi connectivity index (χ1v) is 13.3. The zero-order valence-corrected chi connectivity index (χ0v) is 24.1. The van der Waals surface area contributed by atoms with Gasteiger partial charge >= 0.3 is 5.97 Å². The summed E-state index contributed by atoms with van der Waals surface area (Å²) >= 11 is 6.97. The summed E-state index contributed by atoms with van der Waals surface area (Å²) in [4.78, 5) is 30.1. The average molecular weight is 623 g/mol. The van der Waals surface area contributed by atoms with Crippen molar-refractivity contribution < 1.29 is 19.0 Å². The molecule has 192 valence electrons. The number of rotatable bonds is 10. The van der Waals surface area contributed by atoms with E-state index in [1.165, 1.54) is 4.68 Å². The van der Waals surface area contributed by atoms with Gasteiger partial charge in [-0.2, -0.15) is 9.78 Å². The largest absolute Gasteiger partial charge is 0.490 e. The van der Waals surface area contributed by atoms with E-state index in [-0.39, 0.29) is 18.1 Å². The third-order valence-electron chi connectivity index (χ3n) is 5.48. The highest BCUT2D eigenvalue weighted by atomic mass is 79.9. The molecule has 8 nitrogen and oxygen atoms in total. The predicted octanol–water partition coefficient (Wildman–Crippen LogP) is 6.05. The Bertz CT molecular complexity index is 1340. The third kappa shape index (κ3) is 6.34. The van der Waals surface area contributed by atoms with E-state index in [1.54, 1.807) is 38.3 Å². The molecule has 0 radical (unpaired) electrons. The van der Waals surface area contributed by atoms with E-state index in [4.69, 9.17) is 19.2 Å². The lowest BCUT2D eigenvalue weighted by Gasteiger charge is -2.17. The van der Waals surface area contributed by atoms with E-state index in [1.807, 2.05) is 32.9 Å². The van der Waals surface area contributed by atoms with Gasteiger partial charge in [-0.05, 0) is 73.5 Å². The van der Waals surface area contributed by atoms with Gasteiger partial charge in [-0.1, -0.05) is 29.8 Å². The van der Waals surface area contributed by atoms with Crippen LogP contribution in [0.1, 0.15) is 58.3 Å². The fraction of sp³-hybridized carbons (Fsp3) is 0.385. The Labute approximate surface area is 226 Å². The number of carbonyl (C=O) groups is 1. The standard InChI is InChI=1S/C26H29Br2N3O5/c1-6-15(4)24-30-21-10-9-18(27)12-19(21)25(32)31(24)29-14-17-11-22(34-7-2)23(13-20(17)28)36-16(5)26(33)35-8-3/h9-16H,6-8H2,1-5H3/t15-,16+/m1/s1. The van der Waals surface area contributed by atoms with Crippen LogP contribution in [0.3, 0.4) is 0 Å². The molecule has 0 amide bonds. The summed E-state index contributed by atoms with van der Waals surface area (Å²) in [6, 6.07) is 8.87. The molecular formula is C26H29Br2N3O5. The van der Waals surface area contributed by atoms with Crippen LogP contribution < -0.4 is 15.0 Å². The maximum atomic E-state index is 13.4. The van der Waals surface area contributed by atoms with Crippen molar-refractivity contribution in [2.75, 3.05) is 13.2 Å². The summed E-state index contributed by atoms with van der Waals surface area (Å²) in [7, 11) is 0. The molecule has 1 aromatic heterocycles. The second kappa shape index (κ2) is 12.5. The van der Waals surface area contributed by atoms with Crippen molar-refractivity contribution in [2.45, 2.75) is 53.1 Å².